The molecule has 106 valence electrons. The van der Waals surface area contributed by atoms with Gasteiger partial charge in [-0.2, -0.15) is 0 Å². The Balaban J connectivity index is 1.69. The minimum Gasteiger partial charge on any atom is -0.249 e. The Hall–Kier alpha value is -2.59. The van der Waals surface area contributed by atoms with E-state index in [1.165, 1.54) is 5.56 Å². The van der Waals surface area contributed by atoms with Crippen LogP contribution in [0.1, 0.15) is 11.3 Å². The summed E-state index contributed by atoms with van der Waals surface area (Å²) in [5.74, 6) is 0.685. The molecule has 0 aliphatic heterocycles. The van der Waals surface area contributed by atoms with Gasteiger partial charge in [-0.15, -0.1) is 11.3 Å². The average molecular weight is 303 g/mol. The number of benzene rings is 1. The smallest absolute Gasteiger partial charge is 0.179 e. The van der Waals surface area contributed by atoms with Crippen LogP contribution < -0.4 is 0 Å². The van der Waals surface area contributed by atoms with E-state index in [2.05, 4.69) is 22.1 Å². The predicted octanol–water partition coefficient (Wildman–Crippen LogP) is 4.34. The molecule has 0 atom stereocenters. The Morgan fingerprint density at radius 2 is 1.77 bits per heavy atom. The number of fused-ring (bicyclic) bond motifs is 1. The van der Waals surface area contributed by atoms with Crippen molar-refractivity contribution in [2.45, 2.75) is 6.42 Å². The maximum atomic E-state index is 4.71. The lowest BCUT2D eigenvalue weighted by atomic mass is 10.1. The third-order valence-electron chi connectivity index (χ3n) is 3.47. The molecule has 0 fully saturated rings. The number of aromatic nitrogens is 3. The SMILES string of the molecule is c1ccc(Cc2cccc(-c3ncc4ccsc4n3)n2)cc1. The molecule has 0 bridgehead atoms. The molecule has 3 nitrogen and oxygen atoms in total. The Morgan fingerprint density at radius 1 is 0.864 bits per heavy atom. The largest absolute Gasteiger partial charge is 0.249 e. The molecule has 0 saturated heterocycles. The van der Waals surface area contributed by atoms with Gasteiger partial charge in [0.25, 0.3) is 0 Å². The lowest BCUT2D eigenvalue weighted by Crippen LogP contribution is -1.96. The summed E-state index contributed by atoms with van der Waals surface area (Å²) in [4.78, 5) is 14.7. The number of hydrogen-bond acceptors (Lipinski definition) is 4. The molecule has 0 unspecified atom stereocenters. The zero-order valence-electron chi connectivity index (χ0n) is 11.8. The highest BCUT2D eigenvalue weighted by molar-refractivity contribution is 7.16. The molecule has 0 amide bonds. The van der Waals surface area contributed by atoms with Gasteiger partial charge in [0, 0.05) is 23.7 Å². The second-order valence-corrected chi connectivity index (χ2v) is 5.95. The Labute approximate surface area is 132 Å². The summed E-state index contributed by atoms with van der Waals surface area (Å²) < 4.78 is 0. The maximum absolute atomic E-state index is 4.71. The molecule has 0 radical (unpaired) electrons. The van der Waals surface area contributed by atoms with Crippen LogP contribution in [0.4, 0.5) is 0 Å². The Kier molecular flexibility index (Phi) is 3.37. The summed E-state index contributed by atoms with van der Waals surface area (Å²) in [5, 5.41) is 3.11. The molecule has 0 aliphatic carbocycles. The predicted molar refractivity (Wildman–Crippen MR) is 89.9 cm³/mol. The van der Waals surface area contributed by atoms with Crippen LogP contribution >= 0.6 is 11.3 Å². The highest BCUT2D eigenvalue weighted by Gasteiger charge is 2.07. The van der Waals surface area contributed by atoms with E-state index in [-0.39, 0.29) is 0 Å². The van der Waals surface area contributed by atoms with Gasteiger partial charge in [0.05, 0.1) is 0 Å². The monoisotopic (exact) mass is 303 g/mol. The van der Waals surface area contributed by atoms with Gasteiger partial charge in [0.1, 0.15) is 10.5 Å². The first-order valence-electron chi connectivity index (χ1n) is 7.09. The molecule has 0 saturated carbocycles. The van der Waals surface area contributed by atoms with E-state index in [1.807, 2.05) is 54.0 Å². The summed E-state index contributed by atoms with van der Waals surface area (Å²) in [6, 6.07) is 18.4. The molecule has 1 aromatic carbocycles. The molecule has 22 heavy (non-hydrogen) atoms. The Bertz CT molecular complexity index is 916. The minimum atomic E-state index is 0.685. The molecular formula is C18H13N3S. The molecule has 3 heterocycles. The van der Waals surface area contributed by atoms with Gasteiger partial charge in [-0.3, -0.25) is 0 Å². The molecule has 4 heteroatoms. The van der Waals surface area contributed by atoms with E-state index in [0.717, 1.165) is 28.0 Å². The van der Waals surface area contributed by atoms with E-state index in [0.29, 0.717) is 5.82 Å². The van der Waals surface area contributed by atoms with Crippen molar-refractivity contribution in [1.82, 2.24) is 15.0 Å². The van der Waals surface area contributed by atoms with Gasteiger partial charge in [-0.05, 0) is 29.1 Å². The van der Waals surface area contributed by atoms with E-state index >= 15 is 0 Å². The van der Waals surface area contributed by atoms with Crippen LogP contribution in [0.3, 0.4) is 0 Å². The fourth-order valence-electron chi connectivity index (χ4n) is 2.39. The van der Waals surface area contributed by atoms with Crippen molar-refractivity contribution in [3.8, 4) is 11.5 Å². The summed E-state index contributed by atoms with van der Waals surface area (Å²) in [7, 11) is 0. The quantitative estimate of drug-likeness (QED) is 0.565. The molecule has 0 spiro atoms. The third-order valence-corrected chi connectivity index (χ3v) is 4.29. The lowest BCUT2D eigenvalue weighted by molar-refractivity contribution is 1.06. The highest BCUT2D eigenvalue weighted by atomic mass is 32.1. The van der Waals surface area contributed by atoms with Crippen molar-refractivity contribution in [2.24, 2.45) is 0 Å². The van der Waals surface area contributed by atoms with E-state index in [4.69, 9.17) is 4.98 Å². The van der Waals surface area contributed by atoms with E-state index in [1.54, 1.807) is 11.3 Å². The van der Waals surface area contributed by atoms with Crippen molar-refractivity contribution in [3.63, 3.8) is 0 Å². The third kappa shape index (κ3) is 2.61. The van der Waals surface area contributed by atoms with Crippen molar-refractivity contribution in [1.29, 1.82) is 0 Å². The van der Waals surface area contributed by atoms with Crippen LogP contribution in [0.2, 0.25) is 0 Å². The standard InChI is InChI=1S/C18H13N3S/c1-2-5-13(6-3-1)11-15-7-4-8-16(20-15)17-19-12-14-9-10-22-18(14)21-17/h1-10,12H,11H2. The van der Waals surface area contributed by atoms with E-state index < -0.39 is 0 Å². The minimum absolute atomic E-state index is 0.685. The van der Waals surface area contributed by atoms with Gasteiger partial charge in [-0.1, -0.05) is 36.4 Å². The molecule has 4 rings (SSSR count). The first kappa shape index (κ1) is 13.1. The first-order valence-corrected chi connectivity index (χ1v) is 7.97. The average Bonchev–Trinajstić information content (AvgIpc) is 3.04. The van der Waals surface area contributed by atoms with Crippen LogP contribution in [0, 0.1) is 0 Å². The molecule has 3 aromatic heterocycles. The van der Waals surface area contributed by atoms with Gasteiger partial charge < -0.3 is 0 Å². The van der Waals surface area contributed by atoms with Crippen molar-refractivity contribution in [3.05, 3.63) is 77.4 Å². The topological polar surface area (TPSA) is 38.7 Å². The second-order valence-electron chi connectivity index (χ2n) is 5.05. The van der Waals surface area contributed by atoms with Gasteiger partial charge in [0.2, 0.25) is 0 Å². The summed E-state index contributed by atoms with van der Waals surface area (Å²) in [6.45, 7) is 0. The van der Waals surface area contributed by atoms with Crippen molar-refractivity contribution >= 4 is 21.6 Å². The van der Waals surface area contributed by atoms with Crippen molar-refractivity contribution in [2.75, 3.05) is 0 Å². The molecule has 0 aliphatic rings. The molecular weight excluding hydrogens is 290 g/mol. The highest BCUT2D eigenvalue weighted by Crippen LogP contribution is 2.21. The van der Waals surface area contributed by atoms with E-state index in [9.17, 15) is 0 Å². The number of pyridine rings is 1. The maximum Gasteiger partial charge on any atom is 0.179 e. The fourth-order valence-corrected chi connectivity index (χ4v) is 3.13. The lowest BCUT2D eigenvalue weighted by Gasteiger charge is -2.04. The number of nitrogens with zero attached hydrogens (tertiary/aromatic N) is 3. The number of rotatable bonds is 3. The molecule has 4 aromatic rings. The van der Waals surface area contributed by atoms with Crippen LogP contribution in [0.5, 0.6) is 0 Å². The summed E-state index contributed by atoms with van der Waals surface area (Å²) in [5.41, 5.74) is 3.10. The normalized spacial score (nSPS) is 10.9. The number of hydrogen-bond donors (Lipinski definition) is 0. The number of thiophene rings is 1. The van der Waals surface area contributed by atoms with Gasteiger partial charge in [-0.25, -0.2) is 15.0 Å². The summed E-state index contributed by atoms with van der Waals surface area (Å²) >= 11 is 1.62. The zero-order chi connectivity index (χ0) is 14.8. The van der Waals surface area contributed by atoms with Gasteiger partial charge >= 0.3 is 0 Å². The molecule has 0 N–H and O–H groups in total. The van der Waals surface area contributed by atoms with Crippen LogP contribution in [-0.4, -0.2) is 15.0 Å². The van der Waals surface area contributed by atoms with Crippen LogP contribution in [-0.2, 0) is 6.42 Å². The first-order chi connectivity index (χ1) is 10.9. The fraction of sp³-hybridized carbons (Fsp3) is 0.0556. The second kappa shape index (κ2) is 5.66. The van der Waals surface area contributed by atoms with Gasteiger partial charge in [0.15, 0.2) is 5.82 Å². The Morgan fingerprint density at radius 3 is 2.68 bits per heavy atom. The van der Waals surface area contributed by atoms with Crippen LogP contribution in [0.15, 0.2) is 66.2 Å². The van der Waals surface area contributed by atoms with Crippen LogP contribution in [0.25, 0.3) is 21.7 Å². The van der Waals surface area contributed by atoms with Crippen molar-refractivity contribution < 1.29 is 0 Å². The zero-order valence-corrected chi connectivity index (χ0v) is 12.6. The summed E-state index contributed by atoms with van der Waals surface area (Å²) in [6.07, 6.45) is 2.68.